The maximum absolute atomic E-state index is 13.3. The smallest absolute Gasteiger partial charge is 0.300 e. The fourth-order valence-corrected chi connectivity index (χ4v) is 5.05. The molecule has 38 heavy (non-hydrogen) atoms. The van der Waals surface area contributed by atoms with Gasteiger partial charge in [-0.15, -0.1) is 0 Å². The van der Waals surface area contributed by atoms with Crippen molar-refractivity contribution in [1.29, 1.82) is 0 Å². The largest absolute Gasteiger partial charge is 0.416 e. The average molecular weight is 696 g/mol. The third-order valence-electron chi connectivity index (χ3n) is 5.26. The Morgan fingerprint density at radius 3 is 1.16 bits per heavy atom. The number of carbonyl (C=O) groups is 1. The topological polar surface area (TPSA) is 17.1 Å². The number of Topliss-reactive ketones (excluding diaryl/α,β-unsaturated/α-hetero) is 1. The number of carbonyl (C=O) groups excluding carboxylic acids is 1. The molecular formula is C23H16Br2F12O. The third kappa shape index (κ3) is 9.16. The zero-order chi connectivity index (χ0) is 29.3. The molecule has 1 nitrogen and oxygen atoms in total. The lowest BCUT2D eigenvalue weighted by Gasteiger charge is -2.19. The molecule has 0 aliphatic carbocycles. The van der Waals surface area contributed by atoms with Gasteiger partial charge in [-0.05, 0) is 60.4 Å². The SMILES string of the molecule is O=C(CC(Br)Cc1cc(C(F)(F)F)ccc1C(F)(F)F)CC(Br)Cc1cc(C(F)(F)F)ccc1C(F)(F)F. The molecule has 0 spiro atoms. The van der Waals surface area contributed by atoms with Gasteiger partial charge in [0.1, 0.15) is 5.78 Å². The van der Waals surface area contributed by atoms with Crippen molar-refractivity contribution >= 4 is 37.6 Å². The second kappa shape index (κ2) is 11.8. The van der Waals surface area contributed by atoms with E-state index in [0.29, 0.717) is 12.1 Å². The van der Waals surface area contributed by atoms with Crippen LogP contribution in [0.2, 0.25) is 0 Å². The molecule has 0 radical (unpaired) electrons. The molecular weight excluding hydrogens is 680 g/mol. The molecule has 0 aliphatic heterocycles. The van der Waals surface area contributed by atoms with Crippen LogP contribution in [0.5, 0.6) is 0 Å². The van der Waals surface area contributed by atoms with E-state index in [1.165, 1.54) is 0 Å². The number of alkyl halides is 14. The van der Waals surface area contributed by atoms with E-state index < -0.39 is 99.2 Å². The summed E-state index contributed by atoms with van der Waals surface area (Å²) in [6.07, 6.45) is -22.1. The first-order chi connectivity index (χ1) is 17.1. The van der Waals surface area contributed by atoms with E-state index in [-0.39, 0.29) is 24.3 Å². The van der Waals surface area contributed by atoms with E-state index in [4.69, 9.17) is 0 Å². The van der Waals surface area contributed by atoms with Crippen LogP contribution in [0.15, 0.2) is 36.4 Å². The molecule has 0 fully saturated rings. The van der Waals surface area contributed by atoms with Crippen LogP contribution >= 0.6 is 31.9 Å². The molecule has 0 bridgehead atoms. The quantitative estimate of drug-likeness (QED) is 0.199. The monoisotopic (exact) mass is 694 g/mol. The highest BCUT2D eigenvalue weighted by atomic mass is 79.9. The summed E-state index contributed by atoms with van der Waals surface area (Å²) in [5, 5.41) is 0. The van der Waals surface area contributed by atoms with Crippen molar-refractivity contribution in [1.82, 2.24) is 0 Å². The molecule has 2 unspecified atom stereocenters. The van der Waals surface area contributed by atoms with E-state index in [9.17, 15) is 57.5 Å². The average Bonchev–Trinajstić information content (AvgIpc) is 2.70. The first-order valence-corrected chi connectivity index (χ1v) is 12.3. The molecule has 2 atom stereocenters. The molecule has 15 heteroatoms. The molecule has 2 aromatic rings. The van der Waals surface area contributed by atoms with E-state index in [1.54, 1.807) is 0 Å². The highest BCUT2D eigenvalue weighted by Crippen LogP contribution is 2.39. The van der Waals surface area contributed by atoms with Gasteiger partial charge in [0.25, 0.3) is 0 Å². The lowest BCUT2D eigenvalue weighted by molar-refractivity contribution is -0.141. The van der Waals surface area contributed by atoms with Crippen LogP contribution in [-0.4, -0.2) is 15.4 Å². The second-order valence-corrected chi connectivity index (χ2v) is 10.9. The fourth-order valence-electron chi connectivity index (χ4n) is 3.63. The van der Waals surface area contributed by atoms with Crippen molar-refractivity contribution in [2.45, 2.75) is 60.0 Å². The highest BCUT2D eigenvalue weighted by Gasteiger charge is 2.39. The number of ketones is 1. The summed E-state index contributed by atoms with van der Waals surface area (Å²) in [5.41, 5.74) is -6.76. The molecule has 2 rings (SSSR count). The van der Waals surface area contributed by atoms with Gasteiger partial charge < -0.3 is 0 Å². The molecule has 0 saturated heterocycles. The predicted molar refractivity (Wildman–Crippen MR) is 120 cm³/mol. The van der Waals surface area contributed by atoms with Crippen molar-refractivity contribution < 1.29 is 57.5 Å². The summed E-state index contributed by atoms with van der Waals surface area (Å²) in [7, 11) is 0. The van der Waals surface area contributed by atoms with Crippen molar-refractivity contribution in [3.05, 3.63) is 69.8 Å². The van der Waals surface area contributed by atoms with Crippen molar-refractivity contribution in [2.24, 2.45) is 0 Å². The van der Waals surface area contributed by atoms with Crippen LogP contribution in [0.25, 0.3) is 0 Å². The van der Waals surface area contributed by atoms with Gasteiger partial charge >= 0.3 is 24.7 Å². The van der Waals surface area contributed by atoms with Crippen LogP contribution in [0.4, 0.5) is 52.7 Å². The number of halogens is 14. The lowest BCUT2D eigenvalue weighted by atomic mass is 9.95. The van der Waals surface area contributed by atoms with Gasteiger partial charge in [-0.3, -0.25) is 4.79 Å². The first kappa shape index (κ1) is 32.4. The van der Waals surface area contributed by atoms with Crippen LogP contribution in [0, 0.1) is 0 Å². The van der Waals surface area contributed by atoms with E-state index in [2.05, 4.69) is 31.9 Å². The van der Waals surface area contributed by atoms with Crippen LogP contribution in [0.1, 0.15) is 46.2 Å². The summed E-state index contributed by atoms with van der Waals surface area (Å²) in [4.78, 5) is 10.3. The Kier molecular flexibility index (Phi) is 10.0. The Morgan fingerprint density at radius 1 is 0.579 bits per heavy atom. The minimum absolute atomic E-state index is 0.277. The molecule has 0 saturated carbocycles. The zero-order valence-corrected chi connectivity index (χ0v) is 21.8. The van der Waals surface area contributed by atoms with Crippen LogP contribution < -0.4 is 0 Å². The molecule has 0 aromatic heterocycles. The van der Waals surface area contributed by atoms with Gasteiger partial charge in [0.2, 0.25) is 0 Å². The van der Waals surface area contributed by atoms with Crippen molar-refractivity contribution in [3.8, 4) is 0 Å². The summed E-state index contributed by atoms with van der Waals surface area (Å²) in [6, 6.07) is 1.75. The normalized spacial score (nSPS) is 14.9. The summed E-state index contributed by atoms with van der Waals surface area (Å²) in [5.74, 6) is -0.699. The summed E-state index contributed by atoms with van der Waals surface area (Å²) < 4.78 is 157. The molecule has 0 aliphatic rings. The Balaban J connectivity index is 2.16. The molecule has 0 N–H and O–H groups in total. The number of rotatable bonds is 8. The minimum atomic E-state index is -4.97. The Bertz CT molecular complexity index is 1050. The molecule has 0 amide bonds. The summed E-state index contributed by atoms with van der Waals surface area (Å²) in [6.45, 7) is 0. The van der Waals surface area contributed by atoms with E-state index in [0.717, 1.165) is 0 Å². The van der Waals surface area contributed by atoms with Gasteiger partial charge in [-0.2, -0.15) is 52.7 Å². The maximum Gasteiger partial charge on any atom is 0.416 e. The Hall–Kier alpha value is -1.77. The third-order valence-corrected chi connectivity index (χ3v) is 6.55. The first-order valence-electron chi connectivity index (χ1n) is 10.4. The fraction of sp³-hybridized carbons (Fsp3) is 0.435. The van der Waals surface area contributed by atoms with E-state index in [1.807, 2.05) is 0 Å². The highest BCUT2D eigenvalue weighted by molar-refractivity contribution is 9.09. The van der Waals surface area contributed by atoms with Crippen LogP contribution in [-0.2, 0) is 42.3 Å². The minimum Gasteiger partial charge on any atom is -0.300 e. The van der Waals surface area contributed by atoms with Gasteiger partial charge in [0.15, 0.2) is 0 Å². The van der Waals surface area contributed by atoms with Crippen LogP contribution in [0.3, 0.4) is 0 Å². The summed E-state index contributed by atoms with van der Waals surface area (Å²) >= 11 is 5.92. The molecule has 212 valence electrons. The second-order valence-electron chi connectivity index (χ2n) is 8.28. The number of benzene rings is 2. The van der Waals surface area contributed by atoms with E-state index >= 15 is 0 Å². The maximum atomic E-state index is 13.3. The number of hydrogen-bond acceptors (Lipinski definition) is 1. The van der Waals surface area contributed by atoms with Gasteiger partial charge in [-0.25, -0.2) is 0 Å². The standard InChI is InChI=1S/C23H16Br2F12O/c24-15(7-11-5-13(20(26,27)28)1-3-18(11)22(32,33)34)9-17(38)10-16(25)8-12-6-14(21(29,30)31)2-4-19(12)23(35,36)37/h1-6,15-16H,7-10H2. The number of hydrogen-bond donors (Lipinski definition) is 0. The Morgan fingerprint density at radius 2 is 0.895 bits per heavy atom. The zero-order valence-electron chi connectivity index (χ0n) is 18.6. The van der Waals surface area contributed by atoms with Gasteiger partial charge in [-0.1, -0.05) is 31.9 Å². The Labute approximate surface area is 224 Å². The molecule has 0 heterocycles. The van der Waals surface area contributed by atoms with Gasteiger partial charge in [0.05, 0.1) is 22.3 Å². The van der Waals surface area contributed by atoms with Crippen molar-refractivity contribution in [2.75, 3.05) is 0 Å². The molecule has 2 aromatic carbocycles. The van der Waals surface area contributed by atoms with Crippen molar-refractivity contribution in [3.63, 3.8) is 0 Å². The predicted octanol–water partition coefficient (Wildman–Crippen LogP) is 9.42. The van der Waals surface area contributed by atoms with Gasteiger partial charge in [0, 0.05) is 22.5 Å². The lowest BCUT2D eigenvalue weighted by Crippen LogP contribution is -2.19.